The van der Waals surface area contributed by atoms with E-state index in [9.17, 15) is 9.18 Å². The van der Waals surface area contributed by atoms with E-state index in [2.05, 4.69) is 5.32 Å². The SMILES string of the molecule is CCC(N)CC(=O)Nc1cc(F)ccc1C. The Morgan fingerprint density at radius 1 is 1.56 bits per heavy atom. The Kier molecular flexibility index (Phi) is 4.43. The number of hydrogen-bond acceptors (Lipinski definition) is 2. The highest BCUT2D eigenvalue weighted by Crippen LogP contribution is 2.16. The van der Waals surface area contributed by atoms with E-state index in [0.717, 1.165) is 12.0 Å². The Hall–Kier alpha value is -1.42. The number of hydrogen-bond donors (Lipinski definition) is 2. The molecule has 1 rings (SSSR count). The smallest absolute Gasteiger partial charge is 0.225 e. The van der Waals surface area contributed by atoms with Crippen molar-refractivity contribution >= 4 is 11.6 Å². The van der Waals surface area contributed by atoms with Crippen LogP contribution in [0.2, 0.25) is 0 Å². The molecule has 1 amide bonds. The zero-order valence-corrected chi connectivity index (χ0v) is 9.59. The van der Waals surface area contributed by atoms with Crippen LogP contribution < -0.4 is 11.1 Å². The van der Waals surface area contributed by atoms with Crippen molar-refractivity contribution in [3.8, 4) is 0 Å². The van der Waals surface area contributed by atoms with Gasteiger partial charge in [0.25, 0.3) is 0 Å². The predicted molar refractivity (Wildman–Crippen MR) is 62.7 cm³/mol. The molecule has 1 atom stereocenters. The number of carbonyl (C=O) groups is 1. The standard InChI is InChI=1S/C12H17FN2O/c1-3-10(14)7-12(16)15-11-6-9(13)5-4-8(11)2/h4-6,10H,3,7,14H2,1-2H3,(H,15,16). The summed E-state index contributed by atoms with van der Waals surface area (Å²) in [5, 5.41) is 2.66. The van der Waals surface area contributed by atoms with Gasteiger partial charge in [0.2, 0.25) is 5.91 Å². The van der Waals surface area contributed by atoms with Crippen molar-refractivity contribution in [3.63, 3.8) is 0 Å². The first-order valence-electron chi connectivity index (χ1n) is 5.34. The molecular formula is C12H17FN2O. The highest BCUT2D eigenvalue weighted by molar-refractivity contribution is 5.91. The van der Waals surface area contributed by atoms with E-state index in [1.54, 1.807) is 6.07 Å². The topological polar surface area (TPSA) is 55.1 Å². The number of amides is 1. The van der Waals surface area contributed by atoms with Crippen molar-refractivity contribution in [2.45, 2.75) is 32.7 Å². The predicted octanol–water partition coefficient (Wildman–Crippen LogP) is 2.20. The molecule has 88 valence electrons. The van der Waals surface area contributed by atoms with Gasteiger partial charge < -0.3 is 11.1 Å². The molecule has 3 N–H and O–H groups in total. The van der Waals surface area contributed by atoms with Crippen LogP contribution in [-0.4, -0.2) is 11.9 Å². The summed E-state index contributed by atoms with van der Waals surface area (Å²) in [5.41, 5.74) is 7.00. The van der Waals surface area contributed by atoms with Crippen LogP contribution in [0.25, 0.3) is 0 Å². The fourth-order valence-corrected chi connectivity index (χ4v) is 1.31. The molecule has 16 heavy (non-hydrogen) atoms. The maximum absolute atomic E-state index is 13.0. The molecule has 0 spiro atoms. The lowest BCUT2D eigenvalue weighted by molar-refractivity contribution is -0.116. The van der Waals surface area contributed by atoms with Gasteiger partial charge in [0.05, 0.1) is 0 Å². The molecule has 0 saturated carbocycles. The van der Waals surface area contributed by atoms with Crippen LogP contribution in [0.3, 0.4) is 0 Å². The highest BCUT2D eigenvalue weighted by Gasteiger charge is 2.09. The van der Waals surface area contributed by atoms with E-state index in [1.807, 2.05) is 13.8 Å². The maximum Gasteiger partial charge on any atom is 0.225 e. The van der Waals surface area contributed by atoms with Gasteiger partial charge in [-0.25, -0.2) is 4.39 Å². The second kappa shape index (κ2) is 5.61. The van der Waals surface area contributed by atoms with Crippen molar-refractivity contribution in [1.29, 1.82) is 0 Å². The largest absolute Gasteiger partial charge is 0.327 e. The molecule has 0 radical (unpaired) electrons. The van der Waals surface area contributed by atoms with Crippen LogP contribution in [-0.2, 0) is 4.79 Å². The minimum absolute atomic E-state index is 0.145. The summed E-state index contributed by atoms with van der Waals surface area (Å²) in [6, 6.07) is 4.16. The van der Waals surface area contributed by atoms with Gasteiger partial charge in [-0.1, -0.05) is 13.0 Å². The molecule has 0 fully saturated rings. The Balaban J connectivity index is 2.65. The average molecular weight is 224 g/mol. The van der Waals surface area contributed by atoms with Gasteiger partial charge in [0.15, 0.2) is 0 Å². The lowest BCUT2D eigenvalue weighted by atomic mass is 10.1. The van der Waals surface area contributed by atoms with Crippen molar-refractivity contribution in [3.05, 3.63) is 29.6 Å². The monoisotopic (exact) mass is 224 g/mol. The lowest BCUT2D eigenvalue weighted by Crippen LogP contribution is -2.26. The zero-order chi connectivity index (χ0) is 12.1. The fraction of sp³-hybridized carbons (Fsp3) is 0.417. The summed E-state index contributed by atoms with van der Waals surface area (Å²) in [5.74, 6) is -0.538. The molecule has 1 aromatic rings. The molecule has 1 aromatic carbocycles. The van der Waals surface area contributed by atoms with Gasteiger partial charge in [-0.05, 0) is 31.0 Å². The summed E-state index contributed by atoms with van der Waals surface area (Å²) in [6.07, 6.45) is 1.00. The minimum Gasteiger partial charge on any atom is -0.327 e. The van der Waals surface area contributed by atoms with Crippen molar-refractivity contribution in [1.82, 2.24) is 0 Å². The summed E-state index contributed by atoms with van der Waals surface area (Å²) in [7, 11) is 0. The first-order chi connectivity index (χ1) is 7.52. The molecular weight excluding hydrogens is 207 g/mol. The van der Waals surface area contributed by atoms with Gasteiger partial charge >= 0.3 is 0 Å². The van der Waals surface area contributed by atoms with E-state index in [-0.39, 0.29) is 24.2 Å². The highest BCUT2D eigenvalue weighted by atomic mass is 19.1. The molecule has 1 unspecified atom stereocenters. The molecule has 0 bridgehead atoms. The summed E-state index contributed by atoms with van der Waals surface area (Å²) in [6.45, 7) is 3.74. The maximum atomic E-state index is 13.0. The Bertz CT molecular complexity index is 379. The van der Waals surface area contributed by atoms with Gasteiger partial charge in [0, 0.05) is 18.2 Å². The van der Waals surface area contributed by atoms with Gasteiger partial charge in [-0.3, -0.25) is 4.79 Å². The van der Waals surface area contributed by atoms with Crippen LogP contribution in [0.4, 0.5) is 10.1 Å². The van der Waals surface area contributed by atoms with Crippen LogP contribution in [0, 0.1) is 12.7 Å². The molecule has 0 saturated heterocycles. The van der Waals surface area contributed by atoms with Gasteiger partial charge in [-0.15, -0.1) is 0 Å². The molecule has 0 aromatic heterocycles. The zero-order valence-electron chi connectivity index (χ0n) is 9.59. The normalized spacial score (nSPS) is 12.2. The minimum atomic E-state index is -0.360. The number of benzene rings is 1. The van der Waals surface area contributed by atoms with Crippen LogP contribution in [0.15, 0.2) is 18.2 Å². The number of nitrogens with one attached hydrogen (secondary N) is 1. The van der Waals surface area contributed by atoms with Crippen molar-refractivity contribution in [2.24, 2.45) is 5.73 Å². The second-order valence-corrected chi connectivity index (χ2v) is 3.88. The van der Waals surface area contributed by atoms with Crippen LogP contribution in [0.1, 0.15) is 25.3 Å². The van der Waals surface area contributed by atoms with E-state index in [1.165, 1.54) is 12.1 Å². The van der Waals surface area contributed by atoms with Crippen LogP contribution in [0.5, 0.6) is 0 Å². The first kappa shape index (κ1) is 12.6. The Morgan fingerprint density at radius 3 is 2.88 bits per heavy atom. The van der Waals surface area contributed by atoms with E-state index >= 15 is 0 Å². The average Bonchev–Trinajstić information content (AvgIpc) is 2.23. The number of anilines is 1. The molecule has 0 aliphatic heterocycles. The van der Waals surface area contributed by atoms with E-state index in [0.29, 0.717) is 5.69 Å². The quantitative estimate of drug-likeness (QED) is 0.823. The molecule has 4 heteroatoms. The fourth-order valence-electron chi connectivity index (χ4n) is 1.31. The molecule has 0 aliphatic carbocycles. The van der Waals surface area contributed by atoms with E-state index < -0.39 is 0 Å². The lowest BCUT2D eigenvalue weighted by Gasteiger charge is -2.11. The second-order valence-electron chi connectivity index (χ2n) is 3.88. The van der Waals surface area contributed by atoms with Crippen molar-refractivity contribution in [2.75, 3.05) is 5.32 Å². The Morgan fingerprint density at radius 2 is 2.25 bits per heavy atom. The molecule has 0 heterocycles. The third kappa shape index (κ3) is 3.62. The third-order valence-electron chi connectivity index (χ3n) is 2.45. The summed E-state index contributed by atoms with van der Waals surface area (Å²) < 4.78 is 13.0. The number of halogens is 1. The Labute approximate surface area is 94.8 Å². The first-order valence-corrected chi connectivity index (χ1v) is 5.34. The number of rotatable bonds is 4. The number of nitrogens with two attached hydrogens (primary N) is 1. The van der Waals surface area contributed by atoms with Crippen molar-refractivity contribution < 1.29 is 9.18 Å². The molecule has 0 aliphatic rings. The third-order valence-corrected chi connectivity index (χ3v) is 2.45. The van der Waals surface area contributed by atoms with Crippen LogP contribution >= 0.6 is 0 Å². The number of carbonyl (C=O) groups excluding carboxylic acids is 1. The molecule has 3 nitrogen and oxygen atoms in total. The summed E-state index contributed by atoms with van der Waals surface area (Å²) >= 11 is 0. The number of aryl methyl sites for hydroxylation is 1. The summed E-state index contributed by atoms with van der Waals surface area (Å²) in [4.78, 5) is 11.5. The van der Waals surface area contributed by atoms with E-state index in [4.69, 9.17) is 5.73 Å². The van der Waals surface area contributed by atoms with Gasteiger partial charge in [0.1, 0.15) is 5.82 Å². The van der Waals surface area contributed by atoms with Gasteiger partial charge in [-0.2, -0.15) is 0 Å².